The molecule has 0 aliphatic heterocycles. The van der Waals surface area contributed by atoms with E-state index in [0.29, 0.717) is 34.5 Å². The summed E-state index contributed by atoms with van der Waals surface area (Å²) in [5.74, 6) is -0.323. The summed E-state index contributed by atoms with van der Waals surface area (Å²) < 4.78 is 5.92. The molecule has 1 atom stereocenters. The maximum atomic E-state index is 11.3. The van der Waals surface area contributed by atoms with Crippen LogP contribution in [0.3, 0.4) is 0 Å². The number of oxazole rings is 1. The molecule has 0 saturated heterocycles. The van der Waals surface area contributed by atoms with Crippen LogP contribution in [0.5, 0.6) is 0 Å². The number of nitrogens with two attached hydrogens (primary N) is 2. The first-order chi connectivity index (χ1) is 12.5. The number of benzene rings is 2. The van der Waals surface area contributed by atoms with Crippen LogP contribution >= 0.6 is 11.8 Å². The molecule has 0 amide bonds. The lowest BCUT2D eigenvalue weighted by Gasteiger charge is -2.04. The molecule has 6 nitrogen and oxygen atoms in total. The van der Waals surface area contributed by atoms with Gasteiger partial charge in [-0.2, -0.15) is 0 Å². The first-order valence-electron chi connectivity index (χ1n) is 8.10. The molecule has 3 rings (SSSR count). The van der Waals surface area contributed by atoms with Crippen LogP contribution in [0.2, 0.25) is 0 Å². The summed E-state index contributed by atoms with van der Waals surface area (Å²) in [6.45, 7) is 1.82. The number of hydrogen-bond donors (Lipinski definition) is 3. The predicted molar refractivity (Wildman–Crippen MR) is 104 cm³/mol. The van der Waals surface area contributed by atoms with Gasteiger partial charge in [0.25, 0.3) is 5.22 Å². The average Bonchev–Trinajstić information content (AvgIpc) is 3.04. The number of hydrogen-bond acceptors (Lipinski definition) is 6. The molecule has 1 aromatic heterocycles. The number of aromatic nitrogens is 1. The van der Waals surface area contributed by atoms with Crippen LogP contribution in [0.15, 0.2) is 58.2 Å². The molecule has 134 valence electrons. The number of rotatable bonds is 6. The number of aliphatic carboxylic acids is 1. The van der Waals surface area contributed by atoms with Crippen molar-refractivity contribution in [3.05, 3.63) is 48.5 Å². The third-order valence-corrected chi connectivity index (χ3v) is 5.05. The number of nitrogen functional groups attached to an aromatic ring is 2. The van der Waals surface area contributed by atoms with Gasteiger partial charge in [-0.05, 0) is 42.8 Å². The van der Waals surface area contributed by atoms with Gasteiger partial charge in [-0.25, -0.2) is 4.98 Å². The summed E-state index contributed by atoms with van der Waals surface area (Å²) >= 11 is 1.10. The summed E-state index contributed by atoms with van der Waals surface area (Å²) in [4.78, 5) is 15.9. The monoisotopic (exact) mass is 369 g/mol. The summed E-state index contributed by atoms with van der Waals surface area (Å²) in [6, 6.07) is 14.5. The van der Waals surface area contributed by atoms with Crippen molar-refractivity contribution in [3.63, 3.8) is 0 Å². The van der Waals surface area contributed by atoms with Gasteiger partial charge in [0.15, 0.2) is 5.76 Å². The van der Waals surface area contributed by atoms with Crippen molar-refractivity contribution in [1.29, 1.82) is 0 Å². The average molecular weight is 369 g/mol. The van der Waals surface area contributed by atoms with Crippen molar-refractivity contribution in [2.45, 2.75) is 23.8 Å². The van der Waals surface area contributed by atoms with Crippen molar-refractivity contribution in [3.8, 4) is 22.6 Å². The summed E-state index contributed by atoms with van der Waals surface area (Å²) in [5, 5.41) is 8.99. The van der Waals surface area contributed by atoms with Crippen molar-refractivity contribution < 1.29 is 14.3 Å². The van der Waals surface area contributed by atoms with E-state index < -0.39 is 11.2 Å². The van der Waals surface area contributed by atoms with E-state index in [1.165, 1.54) is 0 Å². The van der Waals surface area contributed by atoms with E-state index in [2.05, 4.69) is 4.98 Å². The Hall–Kier alpha value is -2.93. The Morgan fingerprint density at radius 2 is 1.62 bits per heavy atom. The molecule has 0 aliphatic rings. The third-order valence-electron chi connectivity index (χ3n) is 3.85. The van der Waals surface area contributed by atoms with E-state index in [0.717, 1.165) is 22.9 Å². The van der Waals surface area contributed by atoms with Crippen molar-refractivity contribution in [2.24, 2.45) is 0 Å². The molecule has 0 saturated carbocycles. The molecule has 7 heteroatoms. The second-order valence-electron chi connectivity index (χ2n) is 5.75. The maximum absolute atomic E-state index is 11.3. The molecule has 0 fully saturated rings. The lowest BCUT2D eigenvalue weighted by atomic mass is 10.1. The minimum atomic E-state index is -0.890. The smallest absolute Gasteiger partial charge is 0.317 e. The molecule has 0 bridgehead atoms. The van der Waals surface area contributed by atoms with E-state index in [-0.39, 0.29) is 0 Å². The molecule has 1 unspecified atom stereocenters. The van der Waals surface area contributed by atoms with Crippen LogP contribution in [0.25, 0.3) is 22.6 Å². The highest BCUT2D eigenvalue weighted by molar-refractivity contribution is 8.00. The molecule has 2 aromatic carbocycles. The number of carboxylic acids is 1. The van der Waals surface area contributed by atoms with Crippen LogP contribution < -0.4 is 11.5 Å². The quantitative estimate of drug-likeness (QED) is 0.442. The molecular formula is C19H19N3O3S. The summed E-state index contributed by atoms with van der Waals surface area (Å²) in [7, 11) is 0. The van der Waals surface area contributed by atoms with Gasteiger partial charge in [-0.3, -0.25) is 4.79 Å². The van der Waals surface area contributed by atoms with E-state index in [1.54, 1.807) is 24.3 Å². The molecule has 0 aliphatic carbocycles. The van der Waals surface area contributed by atoms with E-state index >= 15 is 0 Å². The Balaban J connectivity index is 2.06. The highest BCUT2D eigenvalue weighted by atomic mass is 32.2. The largest absolute Gasteiger partial charge is 0.480 e. The topological polar surface area (TPSA) is 115 Å². The minimum absolute atomic E-state index is 0.318. The number of nitrogens with zero attached hydrogens (tertiary/aromatic N) is 1. The molecule has 0 radical (unpaired) electrons. The fourth-order valence-corrected chi connectivity index (χ4v) is 3.23. The van der Waals surface area contributed by atoms with Crippen molar-refractivity contribution >= 4 is 29.1 Å². The molecule has 1 heterocycles. The maximum Gasteiger partial charge on any atom is 0.317 e. The molecule has 26 heavy (non-hydrogen) atoms. The van der Waals surface area contributed by atoms with E-state index in [1.807, 2.05) is 31.2 Å². The van der Waals surface area contributed by atoms with Crippen LogP contribution in [-0.4, -0.2) is 21.3 Å². The fraction of sp³-hybridized carbons (Fsp3) is 0.158. The second-order valence-corrected chi connectivity index (χ2v) is 6.91. The number of thioether (sulfide) groups is 1. The SMILES string of the molecule is CCC(Sc1nc(-c2ccc(N)cc2)c(-c2ccc(N)cc2)o1)C(=O)O. The zero-order chi connectivity index (χ0) is 18.7. The van der Waals surface area contributed by atoms with Gasteiger partial charge in [0, 0.05) is 22.5 Å². The van der Waals surface area contributed by atoms with Gasteiger partial charge in [-0.15, -0.1) is 0 Å². The number of anilines is 2. The number of carbonyl (C=O) groups is 1. The minimum Gasteiger partial charge on any atom is -0.480 e. The first kappa shape index (κ1) is 17.9. The van der Waals surface area contributed by atoms with Crippen LogP contribution in [0.4, 0.5) is 11.4 Å². The standard InChI is InChI=1S/C19H19N3O3S/c1-2-15(18(23)24)26-19-22-16(11-3-7-13(20)8-4-11)17(25-19)12-5-9-14(21)10-6-12/h3-10,15H,2,20-21H2,1H3,(H,23,24). The Morgan fingerprint density at radius 1 is 1.08 bits per heavy atom. The molecular weight excluding hydrogens is 350 g/mol. The number of carboxylic acid groups (broad SMARTS) is 1. The molecule has 5 N–H and O–H groups in total. The molecule has 0 spiro atoms. The lowest BCUT2D eigenvalue weighted by molar-refractivity contribution is -0.136. The normalized spacial score (nSPS) is 12.0. The van der Waals surface area contributed by atoms with Gasteiger partial charge in [0.05, 0.1) is 0 Å². The first-order valence-corrected chi connectivity index (χ1v) is 8.98. The molecule has 3 aromatic rings. The van der Waals surface area contributed by atoms with Crippen molar-refractivity contribution in [1.82, 2.24) is 4.98 Å². The van der Waals surface area contributed by atoms with Crippen LogP contribution in [-0.2, 0) is 4.79 Å². The highest BCUT2D eigenvalue weighted by Crippen LogP contribution is 2.37. The summed E-state index contributed by atoms with van der Waals surface area (Å²) in [5.41, 5.74) is 15.1. The zero-order valence-electron chi connectivity index (χ0n) is 14.2. The van der Waals surface area contributed by atoms with Gasteiger partial charge in [-0.1, -0.05) is 30.8 Å². The van der Waals surface area contributed by atoms with Gasteiger partial charge in [0.1, 0.15) is 10.9 Å². The van der Waals surface area contributed by atoms with Gasteiger partial charge >= 0.3 is 5.97 Å². The third kappa shape index (κ3) is 3.83. The second kappa shape index (κ2) is 7.53. The van der Waals surface area contributed by atoms with Crippen molar-refractivity contribution in [2.75, 3.05) is 11.5 Å². The van der Waals surface area contributed by atoms with Crippen LogP contribution in [0.1, 0.15) is 13.3 Å². The Kier molecular flexibility index (Phi) is 5.18. The Morgan fingerprint density at radius 3 is 2.12 bits per heavy atom. The lowest BCUT2D eigenvalue weighted by Crippen LogP contribution is -2.14. The highest BCUT2D eigenvalue weighted by Gasteiger charge is 2.23. The predicted octanol–water partition coefficient (Wildman–Crippen LogP) is 4.13. The Labute approximate surface area is 155 Å². The van der Waals surface area contributed by atoms with E-state index in [9.17, 15) is 9.90 Å². The van der Waals surface area contributed by atoms with Gasteiger partial charge in [0.2, 0.25) is 0 Å². The van der Waals surface area contributed by atoms with E-state index in [4.69, 9.17) is 15.9 Å². The zero-order valence-corrected chi connectivity index (χ0v) is 15.0. The van der Waals surface area contributed by atoms with Crippen LogP contribution in [0, 0.1) is 0 Å². The Bertz CT molecular complexity index is 842. The fourth-order valence-electron chi connectivity index (χ4n) is 2.45. The van der Waals surface area contributed by atoms with Gasteiger partial charge < -0.3 is 21.0 Å². The summed E-state index contributed by atoms with van der Waals surface area (Å²) in [6.07, 6.45) is 0.469.